The average molecular weight is 240 g/mol. The quantitative estimate of drug-likeness (QED) is 0.798. The van der Waals surface area contributed by atoms with Crippen LogP contribution in [0.25, 0.3) is 0 Å². The fraction of sp³-hybridized carbons (Fsp3) is 0.538. The Labute approximate surface area is 102 Å². The maximum absolute atomic E-state index is 5.56. The first-order chi connectivity index (χ1) is 7.88. The zero-order chi connectivity index (χ0) is 11.2. The lowest BCUT2D eigenvalue weighted by Crippen LogP contribution is -2.23. The number of hydrogen-bond acceptors (Lipinski definition) is 2. The predicted molar refractivity (Wildman–Crippen MR) is 67.4 cm³/mol. The van der Waals surface area contributed by atoms with Gasteiger partial charge in [0.25, 0.3) is 0 Å². The third-order valence-electron chi connectivity index (χ3n) is 2.91. The minimum Gasteiger partial charge on any atom is -0.492 e. The molecule has 88 valence electrons. The van der Waals surface area contributed by atoms with Gasteiger partial charge in [0, 0.05) is 6.04 Å². The predicted octanol–water partition coefficient (Wildman–Crippen LogP) is 2.60. The van der Waals surface area contributed by atoms with Crippen molar-refractivity contribution in [2.75, 3.05) is 19.0 Å². The third-order valence-corrected chi connectivity index (χ3v) is 3.07. The normalized spacial score (nSPS) is 19.9. The number of rotatable bonds is 5. The largest absolute Gasteiger partial charge is 0.492 e. The monoisotopic (exact) mass is 239 g/mol. The summed E-state index contributed by atoms with van der Waals surface area (Å²) in [6.07, 6.45) is 3.72. The number of nitrogens with one attached hydrogen (secondary N) is 1. The number of ether oxygens (including phenoxy) is 1. The Bertz CT molecular complexity index is 306. The van der Waals surface area contributed by atoms with Crippen LogP contribution in [0.4, 0.5) is 0 Å². The van der Waals surface area contributed by atoms with Crippen LogP contribution in [0.3, 0.4) is 0 Å². The molecule has 1 saturated heterocycles. The molecular formula is C13H18ClNO. The van der Waals surface area contributed by atoms with Crippen molar-refractivity contribution in [1.82, 2.24) is 5.32 Å². The van der Waals surface area contributed by atoms with E-state index in [4.69, 9.17) is 16.3 Å². The molecule has 1 aliphatic heterocycles. The van der Waals surface area contributed by atoms with Crippen molar-refractivity contribution in [3.8, 4) is 5.75 Å². The molecule has 3 heteroatoms. The fourth-order valence-corrected chi connectivity index (χ4v) is 2.17. The minimum atomic E-state index is 0.535. The molecule has 0 aliphatic carbocycles. The molecular weight excluding hydrogens is 222 g/mol. The fourth-order valence-electron chi connectivity index (χ4n) is 2.09. The van der Waals surface area contributed by atoms with E-state index >= 15 is 0 Å². The van der Waals surface area contributed by atoms with Crippen molar-refractivity contribution in [2.24, 2.45) is 0 Å². The Morgan fingerprint density at radius 3 is 2.75 bits per heavy atom. The molecule has 1 atom stereocenters. The molecule has 1 fully saturated rings. The molecule has 0 aromatic heterocycles. The van der Waals surface area contributed by atoms with Gasteiger partial charge in [0.05, 0.1) is 5.88 Å². The van der Waals surface area contributed by atoms with Crippen LogP contribution in [-0.2, 0) is 6.42 Å². The lowest BCUT2D eigenvalue weighted by molar-refractivity contribution is 0.342. The summed E-state index contributed by atoms with van der Waals surface area (Å²) in [4.78, 5) is 0. The molecule has 2 rings (SSSR count). The molecule has 1 unspecified atom stereocenters. The van der Waals surface area contributed by atoms with Gasteiger partial charge in [0.1, 0.15) is 12.4 Å². The molecule has 2 nitrogen and oxygen atoms in total. The van der Waals surface area contributed by atoms with Crippen molar-refractivity contribution in [3.63, 3.8) is 0 Å². The topological polar surface area (TPSA) is 21.3 Å². The number of alkyl halides is 1. The van der Waals surface area contributed by atoms with E-state index in [1.54, 1.807) is 0 Å². The van der Waals surface area contributed by atoms with Gasteiger partial charge in [-0.3, -0.25) is 0 Å². The molecule has 0 spiro atoms. The SMILES string of the molecule is ClCCOc1ccc(CC2CCCN2)cc1. The van der Waals surface area contributed by atoms with Crippen LogP contribution in [0.2, 0.25) is 0 Å². The summed E-state index contributed by atoms with van der Waals surface area (Å²) in [6, 6.07) is 9.00. The van der Waals surface area contributed by atoms with Crippen LogP contribution in [0.1, 0.15) is 18.4 Å². The van der Waals surface area contributed by atoms with E-state index < -0.39 is 0 Å². The standard InChI is InChI=1S/C13H18ClNO/c14-7-9-16-13-5-3-11(4-6-13)10-12-2-1-8-15-12/h3-6,12,15H,1-2,7-10H2. The summed E-state index contributed by atoms with van der Waals surface area (Å²) >= 11 is 5.56. The summed E-state index contributed by atoms with van der Waals surface area (Å²) in [5.41, 5.74) is 1.37. The third kappa shape index (κ3) is 3.39. The molecule has 1 aromatic rings. The first-order valence-electron chi connectivity index (χ1n) is 5.89. The maximum atomic E-state index is 5.56. The molecule has 16 heavy (non-hydrogen) atoms. The molecule has 1 heterocycles. The van der Waals surface area contributed by atoms with Crippen molar-refractivity contribution < 1.29 is 4.74 Å². The highest BCUT2D eigenvalue weighted by molar-refractivity contribution is 6.17. The Morgan fingerprint density at radius 1 is 1.31 bits per heavy atom. The van der Waals surface area contributed by atoms with E-state index in [-0.39, 0.29) is 0 Å². The van der Waals surface area contributed by atoms with Gasteiger partial charge in [-0.25, -0.2) is 0 Å². The van der Waals surface area contributed by atoms with Crippen molar-refractivity contribution in [1.29, 1.82) is 0 Å². The summed E-state index contributed by atoms with van der Waals surface area (Å²) in [5.74, 6) is 1.44. The lowest BCUT2D eigenvalue weighted by atomic mass is 10.0. The second kappa shape index (κ2) is 6.12. The Hall–Kier alpha value is -0.730. The first-order valence-corrected chi connectivity index (χ1v) is 6.43. The van der Waals surface area contributed by atoms with Crippen LogP contribution >= 0.6 is 11.6 Å². The lowest BCUT2D eigenvalue weighted by Gasteiger charge is -2.10. The highest BCUT2D eigenvalue weighted by atomic mass is 35.5. The summed E-state index contributed by atoms with van der Waals surface area (Å²) < 4.78 is 5.43. The van der Waals surface area contributed by atoms with Gasteiger partial charge >= 0.3 is 0 Å². The number of halogens is 1. The van der Waals surface area contributed by atoms with E-state index in [1.165, 1.54) is 24.9 Å². The zero-order valence-electron chi connectivity index (χ0n) is 9.42. The van der Waals surface area contributed by atoms with E-state index in [0.717, 1.165) is 12.2 Å². The molecule has 0 saturated carbocycles. The highest BCUT2D eigenvalue weighted by Crippen LogP contribution is 2.16. The number of hydrogen-bond donors (Lipinski definition) is 1. The van der Waals surface area contributed by atoms with E-state index in [2.05, 4.69) is 17.4 Å². The summed E-state index contributed by atoms with van der Waals surface area (Å²) in [5, 5.41) is 3.51. The summed E-state index contributed by atoms with van der Waals surface area (Å²) in [7, 11) is 0. The van der Waals surface area contributed by atoms with Gasteiger partial charge < -0.3 is 10.1 Å². The average Bonchev–Trinajstić information content (AvgIpc) is 2.81. The van der Waals surface area contributed by atoms with Crippen LogP contribution in [0.15, 0.2) is 24.3 Å². The Morgan fingerprint density at radius 2 is 2.12 bits per heavy atom. The molecule has 0 amide bonds. The zero-order valence-corrected chi connectivity index (χ0v) is 10.2. The van der Waals surface area contributed by atoms with Gasteiger partial charge in [-0.1, -0.05) is 12.1 Å². The van der Waals surface area contributed by atoms with E-state index in [1.807, 2.05) is 12.1 Å². The Balaban J connectivity index is 1.86. The molecule has 0 radical (unpaired) electrons. The smallest absolute Gasteiger partial charge is 0.119 e. The molecule has 1 aromatic carbocycles. The first kappa shape index (κ1) is 11.7. The van der Waals surface area contributed by atoms with Crippen molar-refractivity contribution in [2.45, 2.75) is 25.3 Å². The van der Waals surface area contributed by atoms with Gasteiger partial charge in [0.15, 0.2) is 0 Å². The summed E-state index contributed by atoms with van der Waals surface area (Å²) in [6.45, 7) is 1.74. The maximum Gasteiger partial charge on any atom is 0.119 e. The van der Waals surface area contributed by atoms with Gasteiger partial charge in [-0.05, 0) is 43.5 Å². The Kier molecular flexibility index (Phi) is 4.49. The second-order valence-electron chi connectivity index (χ2n) is 4.18. The van der Waals surface area contributed by atoms with Crippen molar-refractivity contribution >= 4 is 11.6 Å². The van der Waals surface area contributed by atoms with Crippen molar-refractivity contribution in [3.05, 3.63) is 29.8 Å². The van der Waals surface area contributed by atoms with E-state index in [0.29, 0.717) is 18.5 Å². The van der Waals surface area contributed by atoms with Gasteiger partial charge in [-0.2, -0.15) is 0 Å². The molecule has 1 N–H and O–H groups in total. The van der Waals surface area contributed by atoms with Gasteiger partial charge in [0.2, 0.25) is 0 Å². The van der Waals surface area contributed by atoms with Crippen LogP contribution in [-0.4, -0.2) is 25.1 Å². The molecule has 1 aliphatic rings. The second-order valence-corrected chi connectivity index (χ2v) is 4.56. The van der Waals surface area contributed by atoms with Gasteiger partial charge in [-0.15, -0.1) is 11.6 Å². The number of benzene rings is 1. The highest BCUT2D eigenvalue weighted by Gasteiger charge is 2.13. The van der Waals surface area contributed by atoms with Crippen LogP contribution in [0, 0.1) is 0 Å². The van der Waals surface area contributed by atoms with Crippen LogP contribution in [0.5, 0.6) is 5.75 Å². The van der Waals surface area contributed by atoms with Crippen LogP contribution < -0.4 is 10.1 Å². The molecule has 0 bridgehead atoms. The van der Waals surface area contributed by atoms with E-state index in [9.17, 15) is 0 Å². The minimum absolute atomic E-state index is 0.535.